The molecule has 0 spiro atoms. The third-order valence-corrected chi connectivity index (χ3v) is 6.73. The number of benzene rings is 2. The fraction of sp³-hybridized carbons (Fsp3) is 0.333. The molecule has 2 aromatic carbocycles. The molecule has 1 aromatic heterocycles. The van der Waals surface area contributed by atoms with Gasteiger partial charge in [-0.2, -0.15) is 18.3 Å². The van der Waals surface area contributed by atoms with Crippen molar-refractivity contribution in [2.45, 2.75) is 37.5 Å². The third-order valence-electron chi connectivity index (χ3n) is 6.37. The van der Waals surface area contributed by atoms with Crippen molar-refractivity contribution in [3.8, 4) is 5.75 Å². The summed E-state index contributed by atoms with van der Waals surface area (Å²) in [6.45, 7) is 0.443. The van der Waals surface area contributed by atoms with E-state index in [4.69, 9.17) is 16.3 Å². The quantitative estimate of drug-likeness (QED) is 0.504. The molecule has 2 atom stereocenters. The van der Waals surface area contributed by atoms with Crippen molar-refractivity contribution in [3.63, 3.8) is 0 Å². The zero-order valence-corrected chi connectivity index (χ0v) is 19.0. The molecular formula is C24H22ClF3N4O2. The maximum atomic E-state index is 14.1. The Balaban J connectivity index is 1.53. The van der Waals surface area contributed by atoms with Crippen molar-refractivity contribution in [3.05, 3.63) is 70.4 Å². The highest BCUT2D eigenvalue weighted by atomic mass is 35.5. The fourth-order valence-corrected chi connectivity index (χ4v) is 4.91. The summed E-state index contributed by atoms with van der Waals surface area (Å²) in [5.41, 5.74) is 2.20. The Bertz CT molecular complexity index is 1230. The van der Waals surface area contributed by atoms with E-state index in [2.05, 4.69) is 10.4 Å². The molecule has 34 heavy (non-hydrogen) atoms. The maximum Gasteiger partial charge on any atom is 0.410 e. The minimum atomic E-state index is -4.57. The largest absolute Gasteiger partial charge is 0.497 e. The first-order valence-electron chi connectivity index (χ1n) is 10.9. The van der Waals surface area contributed by atoms with Crippen molar-refractivity contribution in [2.75, 3.05) is 23.9 Å². The standard InChI is InChI=1S/C24H22ClF3N4O2/c1-34-16-10-8-14(9-11-16)17-13-19(24(26,27)28)32-22(29-17)20(25)21(30-32)23(33)31-12-4-6-15-5-2-3-7-18(15)31/h2-3,5,7-11,17,19,29H,4,6,12-13H2,1H3/t17-,19-/m1/s1. The van der Waals surface area contributed by atoms with Crippen molar-refractivity contribution in [2.24, 2.45) is 0 Å². The monoisotopic (exact) mass is 490 g/mol. The minimum Gasteiger partial charge on any atom is -0.497 e. The van der Waals surface area contributed by atoms with E-state index in [1.54, 1.807) is 29.2 Å². The van der Waals surface area contributed by atoms with E-state index in [-0.39, 0.29) is 23.0 Å². The van der Waals surface area contributed by atoms with Gasteiger partial charge in [-0.05, 0) is 42.2 Å². The highest BCUT2D eigenvalue weighted by Crippen LogP contribution is 2.46. The Morgan fingerprint density at radius 2 is 1.91 bits per heavy atom. The zero-order valence-electron chi connectivity index (χ0n) is 18.3. The number of para-hydroxylation sites is 1. The SMILES string of the molecule is COc1ccc([C@H]2C[C@H](C(F)(F)F)n3nc(C(=O)N4CCCc5ccccc54)c(Cl)c3N2)cc1. The summed E-state index contributed by atoms with van der Waals surface area (Å²) in [6, 6.07) is 11.7. The van der Waals surface area contributed by atoms with Crippen LogP contribution in [0.3, 0.4) is 0 Å². The molecule has 0 saturated heterocycles. The number of rotatable bonds is 3. The lowest BCUT2D eigenvalue weighted by Gasteiger charge is -2.33. The Kier molecular flexibility index (Phi) is 5.67. The van der Waals surface area contributed by atoms with Gasteiger partial charge in [0.1, 0.15) is 16.6 Å². The van der Waals surface area contributed by atoms with Gasteiger partial charge >= 0.3 is 6.18 Å². The molecule has 3 heterocycles. The fourth-order valence-electron chi connectivity index (χ4n) is 4.65. The molecule has 1 N–H and O–H groups in total. The van der Waals surface area contributed by atoms with Crippen LogP contribution in [0, 0.1) is 0 Å². The van der Waals surface area contributed by atoms with Gasteiger partial charge in [-0.1, -0.05) is 41.9 Å². The number of fused-ring (bicyclic) bond motifs is 2. The van der Waals surface area contributed by atoms with E-state index in [0.717, 1.165) is 28.8 Å². The molecule has 0 bridgehead atoms. The molecule has 0 saturated carbocycles. The molecule has 178 valence electrons. The number of aryl methyl sites for hydroxylation is 1. The summed E-state index contributed by atoms with van der Waals surface area (Å²) in [5.74, 6) is 0.0807. The summed E-state index contributed by atoms with van der Waals surface area (Å²) < 4.78 is 48.2. The second kappa shape index (κ2) is 8.54. The summed E-state index contributed by atoms with van der Waals surface area (Å²) in [5, 5.41) is 7.06. The predicted octanol–water partition coefficient (Wildman–Crippen LogP) is 5.80. The van der Waals surface area contributed by atoms with E-state index in [9.17, 15) is 18.0 Å². The second-order valence-corrected chi connectivity index (χ2v) is 8.79. The van der Waals surface area contributed by atoms with E-state index in [0.29, 0.717) is 17.9 Å². The molecule has 0 unspecified atom stereocenters. The lowest BCUT2D eigenvalue weighted by Crippen LogP contribution is -2.37. The van der Waals surface area contributed by atoms with Crippen LogP contribution in [0.15, 0.2) is 48.5 Å². The molecule has 1 amide bonds. The van der Waals surface area contributed by atoms with E-state index in [1.165, 1.54) is 7.11 Å². The lowest BCUT2D eigenvalue weighted by atomic mass is 9.97. The number of ether oxygens (including phenoxy) is 1. The number of carbonyl (C=O) groups is 1. The Hall–Kier alpha value is -3.20. The number of aromatic nitrogens is 2. The second-order valence-electron chi connectivity index (χ2n) is 8.41. The number of methoxy groups -OCH3 is 1. The van der Waals surface area contributed by atoms with Crippen LogP contribution >= 0.6 is 11.6 Å². The smallest absolute Gasteiger partial charge is 0.410 e. The normalized spacial score (nSPS) is 19.7. The Morgan fingerprint density at radius 1 is 1.18 bits per heavy atom. The Morgan fingerprint density at radius 3 is 2.62 bits per heavy atom. The van der Waals surface area contributed by atoms with Crippen LogP contribution in [-0.4, -0.2) is 35.5 Å². The third kappa shape index (κ3) is 3.87. The summed E-state index contributed by atoms with van der Waals surface area (Å²) >= 11 is 6.52. The van der Waals surface area contributed by atoms with Crippen LogP contribution in [-0.2, 0) is 6.42 Å². The highest BCUT2D eigenvalue weighted by Gasteiger charge is 2.48. The molecule has 0 radical (unpaired) electrons. The van der Waals surface area contributed by atoms with Gasteiger partial charge in [-0.3, -0.25) is 4.79 Å². The Labute approximate surface area is 199 Å². The van der Waals surface area contributed by atoms with E-state index in [1.807, 2.05) is 24.3 Å². The van der Waals surface area contributed by atoms with Gasteiger partial charge in [-0.15, -0.1) is 0 Å². The van der Waals surface area contributed by atoms with Gasteiger partial charge in [-0.25, -0.2) is 4.68 Å². The molecule has 5 rings (SSSR count). The zero-order chi connectivity index (χ0) is 24.0. The lowest BCUT2D eigenvalue weighted by molar-refractivity contribution is -0.173. The first-order valence-corrected chi connectivity index (χ1v) is 11.3. The minimum absolute atomic E-state index is 0.00953. The van der Waals surface area contributed by atoms with Crippen LogP contribution in [0.25, 0.3) is 0 Å². The van der Waals surface area contributed by atoms with Crippen LogP contribution in [0.4, 0.5) is 24.7 Å². The van der Waals surface area contributed by atoms with Crippen LogP contribution < -0.4 is 15.0 Å². The number of amides is 1. The number of anilines is 2. The number of nitrogens with zero attached hydrogens (tertiary/aromatic N) is 3. The summed E-state index contributed by atoms with van der Waals surface area (Å²) in [6.07, 6.45) is -3.29. The maximum absolute atomic E-state index is 14.1. The molecule has 2 aliphatic rings. The summed E-state index contributed by atoms with van der Waals surface area (Å²) in [4.78, 5) is 15.0. The topological polar surface area (TPSA) is 59.4 Å². The average molecular weight is 491 g/mol. The number of nitrogens with one attached hydrogen (secondary N) is 1. The number of hydrogen-bond donors (Lipinski definition) is 1. The van der Waals surface area contributed by atoms with Gasteiger partial charge in [0.25, 0.3) is 5.91 Å². The molecule has 2 aliphatic heterocycles. The molecule has 6 nitrogen and oxygen atoms in total. The first-order chi connectivity index (χ1) is 16.3. The molecule has 10 heteroatoms. The van der Waals surface area contributed by atoms with Crippen LogP contribution in [0.5, 0.6) is 5.75 Å². The van der Waals surface area contributed by atoms with Crippen molar-refractivity contribution < 1.29 is 22.7 Å². The van der Waals surface area contributed by atoms with Crippen LogP contribution in [0.2, 0.25) is 5.02 Å². The van der Waals surface area contributed by atoms with Crippen LogP contribution in [0.1, 0.15) is 46.5 Å². The van der Waals surface area contributed by atoms with E-state index < -0.39 is 24.2 Å². The van der Waals surface area contributed by atoms with Gasteiger partial charge in [0.2, 0.25) is 0 Å². The molecule has 3 aromatic rings. The highest BCUT2D eigenvalue weighted by molar-refractivity contribution is 6.36. The molecule has 0 fully saturated rings. The number of alkyl halides is 3. The van der Waals surface area contributed by atoms with Crippen molar-refractivity contribution in [1.82, 2.24) is 9.78 Å². The number of hydrogen-bond acceptors (Lipinski definition) is 4. The van der Waals surface area contributed by atoms with Crippen molar-refractivity contribution >= 4 is 29.0 Å². The van der Waals surface area contributed by atoms with Gasteiger partial charge in [0.05, 0.1) is 13.2 Å². The van der Waals surface area contributed by atoms with Gasteiger partial charge in [0.15, 0.2) is 11.7 Å². The number of halogens is 4. The summed E-state index contributed by atoms with van der Waals surface area (Å²) in [7, 11) is 1.52. The first kappa shape index (κ1) is 22.6. The average Bonchev–Trinajstić information content (AvgIpc) is 3.18. The van der Waals surface area contributed by atoms with Gasteiger partial charge in [0, 0.05) is 18.7 Å². The molecular weight excluding hydrogens is 469 g/mol. The number of carbonyl (C=O) groups excluding carboxylic acids is 1. The molecule has 0 aliphatic carbocycles. The van der Waals surface area contributed by atoms with Crippen molar-refractivity contribution in [1.29, 1.82) is 0 Å². The van der Waals surface area contributed by atoms with E-state index >= 15 is 0 Å². The predicted molar refractivity (Wildman–Crippen MR) is 123 cm³/mol. The van der Waals surface area contributed by atoms with Gasteiger partial charge < -0.3 is 15.0 Å².